The number of phenolic OH excluding ortho intramolecular Hbond substituents is 1. The fourth-order valence-corrected chi connectivity index (χ4v) is 6.27. The van der Waals surface area contributed by atoms with Crippen molar-refractivity contribution >= 4 is 10.0 Å². The molecule has 7 heteroatoms. The second kappa shape index (κ2) is 10.8. The zero-order valence-electron chi connectivity index (χ0n) is 20.2. The van der Waals surface area contributed by atoms with Crippen LogP contribution < -0.4 is 0 Å². The highest BCUT2D eigenvalue weighted by atomic mass is 32.2. The molecule has 0 unspecified atom stereocenters. The van der Waals surface area contributed by atoms with Crippen molar-refractivity contribution in [3.05, 3.63) is 72.3 Å². The molecule has 2 aromatic rings. The maximum absolute atomic E-state index is 13.0. The first kappa shape index (κ1) is 25.4. The van der Waals surface area contributed by atoms with Crippen LogP contribution in [0.3, 0.4) is 0 Å². The molecule has 1 aliphatic heterocycles. The molecule has 33 heavy (non-hydrogen) atoms. The van der Waals surface area contributed by atoms with E-state index in [1.165, 1.54) is 4.31 Å². The van der Waals surface area contributed by atoms with E-state index in [4.69, 9.17) is 0 Å². The van der Waals surface area contributed by atoms with Crippen LogP contribution in [0.1, 0.15) is 44.9 Å². The summed E-state index contributed by atoms with van der Waals surface area (Å²) in [6.07, 6.45) is 1.95. The van der Waals surface area contributed by atoms with Crippen LogP contribution in [0.2, 0.25) is 0 Å². The lowest BCUT2D eigenvalue weighted by atomic mass is 9.93. The first-order valence-electron chi connectivity index (χ1n) is 11.7. The fraction of sp³-hybridized carbons (Fsp3) is 0.462. The molecule has 180 valence electrons. The molecule has 3 rings (SSSR count). The van der Waals surface area contributed by atoms with Crippen LogP contribution in [0.25, 0.3) is 0 Å². The summed E-state index contributed by atoms with van der Waals surface area (Å²) in [5.74, 6) is 0.226. The van der Waals surface area contributed by atoms with Crippen molar-refractivity contribution in [2.24, 2.45) is 0 Å². The first-order chi connectivity index (χ1) is 15.7. The molecule has 0 aliphatic carbocycles. The largest absolute Gasteiger partial charge is 0.508 e. The average Bonchev–Trinajstić information content (AvgIpc) is 2.78. The number of benzene rings is 2. The number of phenols is 1. The maximum Gasteiger partial charge on any atom is 0.243 e. The lowest BCUT2D eigenvalue weighted by Crippen LogP contribution is -2.57. The van der Waals surface area contributed by atoms with Crippen molar-refractivity contribution in [1.29, 1.82) is 0 Å². The summed E-state index contributed by atoms with van der Waals surface area (Å²) >= 11 is 0. The van der Waals surface area contributed by atoms with Crippen LogP contribution in [0.4, 0.5) is 0 Å². The van der Waals surface area contributed by atoms with E-state index in [-0.39, 0.29) is 17.8 Å². The van der Waals surface area contributed by atoms with Crippen molar-refractivity contribution in [2.45, 2.75) is 50.7 Å². The molecule has 6 nitrogen and oxygen atoms in total. The van der Waals surface area contributed by atoms with Crippen LogP contribution in [0.5, 0.6) is 5.75 Å². The molecule has 1 aliphatic rings. The summed E-state index contributed by atoms with van der Waals surface area (Å²) < 4.78 is 27.4. The Morgan fingerprint density at radius 3 is 2.30 bits per heavy atom. The molecular formula is C26H37N3O3S. The highest BCUT2D eigenvalue weighted by molar-refractivity contribution is 7.89. The van der Waals surface area contributed by atoms with Gasteiger partial charge in [-0.05, 0) is 49.2 Å². The normalized spacial score (nSPS) is 21.2. The van der Waals surface area contributed by atoms with E-state index in [2.05, 4.69) is 30.2 Å². The molecule has 2 aromatic carbocycles. The minimum absolute atomic E-state index is 0.0920. The highest BCUT2D eigenvalue weighted by Crippen LogP contribution is 2.35. The molecule has 0 aromatic heterocycles. The Morgan fingerprint density at radius 2 is 1.73 bits per heavy atom. The number of hydrogen-bond acceptors (Lipinski definition) is 5. The molecule has 1 N–H and O–H groups in total. The predicted octanol–water partition coefficient (Wildman–Crippen LogP) is 4.09. The van der Waals surface area contributed by atoms with Gasteiger partial charge in [0.25, 0.3) is 0 Å². The second-order valence-electron chi connectivity index (χ2n) is 8.79. The van der Waals surface area contributed by atoms with Crippen LogP contribution in [-0.4, -0.2) is 72.4 Å². The van der Waals surface area contributed by atoms with Gasteiger partial charge in [-0.3, -0.25) is 9.80 Å². The molecule has 0 radical (unpaired) electrons. The Hall–Kier alpha value is -2.19. The SMILES string of the molecule is C=CCN1C[C@@H](C)N([C@H](c2ccc(S(=O)(=O)N(CC)CC)cc2)c2cccc(O)c2)C[C@@H]1C. The van der Waals surface area contributed by atoms with Gasteiger partial charge in [0.1, 0.15) is 5.75 Å². The molecule has 1 fully saturated rings. The van der Waals surface area contributed by atoms with Gasteiger partial charge < -0.3 is 5.11 Å². The van der Waals surface area contributed by atoms with Crippen molar-refractivity contribution < 1.29 is 13.5 Å². The maximum atomic E-state index is 13.0. The first-order valence-corrected chi connectivity index (χ1v) is 13.2. The number of sulfonamides is 1. The molecular weight excluding hydrogens is 434 g/mol. The number of nitrogens with zero attached hydrogens (tertiary/aromatic N) is 3. The summed E-state index contributed by atoms with van der Waals surface area (Å²) in [5, 5.41) is 10.2. The zero-order valence-corrected chi connectivity index (χ0v) is 21.0. The summed E-state index contributed by atoms with van der Waals surface area (Å²) in [5.41, 5.74) is 2.00. The van der Waals surface area contributed by atoms with Gasteiger partial charge in [0, 0.05) is 44.8 Å². The summed E-state index contributed by atoms with van der Waals surface area (Å²) in [6.45, 7) is 15.5. The van der Waals surface area contributed by atoms with E-state index >= 15 is 0 Å². The van der Waals surface area contributed by atoms with Crippen LogP contribution in [0, 0.1) is 0 Å². The van der Waals surface area contributed by atoms with Gasteiger partial charge in [-0.15, -0.1) is 6.58 Å². The number of aromatic hydroxyl groups is 1. The average molecular weight is 472 g/mol. The van der Waals surface area contributed by atoms with E-state index in [1.54, 1.807) is 24.3 Å². The van der Waals surface area contributed by atoms with E-state index < -0.39 is 10.0 Å². The highest BCUT2D eigenvalue weighted by Gasteiger charge is 2.34. The monoisotopic (exact) mass is 471 g/mol. The molecule has 1 saturated heterocycles. The molecule has 0 spiro atoms. The van der Waals surface area contributed by atoms with Crippen molar-refractivity contribution in [1.82, 2.24) is 14.1 Å². The molecule has 0 bridgehead atoms. The minimum Gasteiger partial charge on any atom is -0.508 e. The quantitative estimate of drug-likeness (QED) is 0.558. The number of rotatable bonds is 9. The smallest absolute Gasteiger partial charge is 0.243 e. The molecule has 1 heterocycles. The third kappa shape index (κ3) is 5.49. The summed E-state index contributed by atoms with van der Waals surface area (Å²) in [7, 11) is -3.51. The van der Waals surface area contributed by atoms with Crippen LogP contribution in [0.15, 0.2) is 66.1 Å². The lowest BCUT2D eigenvalue weighted by Gasteiger charge is -2.47. The van der Waals surface area contributed by atoms with Crippen LogP contribution in [-0.2, 0) is 10.0 Å². The Morgan fingerprint density at radius 1 is 1.06 bits per heavy atom. The van der Waals surface area contributed by atoms with Crippen molar-refractivity contribution in [3.63, 3.8) is 0 Å². The Balaban J connectivity index is 2.00. The van der Waals surface area contributed by atoms with E-state index in [0.29, 0.717) is 24.0 Å². The Kier molecular flexibility index (Phi) is 8.34. The van der Waals surface area contributed by atoms with E-state index in [9.17, 15) is 13.5 Å². The van der Waals surface area contributed by atoms with Crippen molar-refractivity contribution in [3.8, 4) is 5.75 Å². The number of piperazine rings is 1. The summed E-state index contributed by atoms with van der Waals surface area (Å²) in [6, 6.07) is 15.1. The Labute approximate surface area is 199 Å². The van der Waals surface area contributed by atoms with Gasteiger partial charge in [-0.25, -0.2) is 8.42 Å². The van der Waals surface area contributed by atoms with Gasteiger partial charge in [0.15, 0.2) is 0 Å². The van der Waals surface area contributed by atoms with Gasteiger partial charge in [-0.2, -0.15) is 4.31 Å². The third-order valence-corrected chi connectivity index (χ3v) is 8.65. The molecule has 0 saturated carbocycles. The second-order valence-corrected chi connectivity index (χ2v) is 10.7. The van der Waals surface area contributed by atoms with E-state index in [1.807, 2.05) is 44.2 Å². The van der Waals surface area contributed by atoms with Gasteiger partial charge in [-0.1, -0.05) is 44.2 Å². The standard InChI is InChI=1S/C26H37N3O3S/c1-6-16-27-18-21(5)29(19-20(27)4)26(23-10-9-11-24(30)17-23)22-12-14-25(15-13-22)33(31,32)28(7-2)8-3/h6,9-15,17,20-21,26,30H,1,7-8,16,18-19H2,2-5H3/t20-,21+,26+/m0/s1. The lowest BCUT2D eigenvalue weighted by molar-refractivity contribution is 0.0306. The number of hydrogen-bond donors (Lipinski definition) is 1. The topological polar surface area (TPSA) is 64.1 Å². The van der Waals surface area contributed by atoms with Crippen LogP contribution >= 0.6 is 0 Å². The van der Waals surface area contributed by atoms with E-state index in [0.717, 1.165) is 30.8 Å². The molecule has 0 amide bonds. The van der Waals surface area contributed by atoms with Gasteiger partial charge in [0.2, 0.25) is 10.0 Å². The molecule has 3 atom stereocenters. The van der Waals surface area contributed by atoms with Gasteiger partial charge >= 0.3 is 0 Å². The minimum atomic E-state index is -3.51. The van der Waals surface area contributed by atoms with Gasteiger partial charge in [0.05, 0.1) is 10.9 Å². The third-order valence-electron chi connectivity index (χ3n) is 6.58. The van der Waals surface area contributed by atoms with Crippen molar-refractivity contribution in [2.75, 3.05) is 32.7 Å². The zero-order chi connectivity index (χ0) is 24.2. The Bertz CT molecular complexity index is 1040. The fourth-order valence-electron chi connectivity index (χ4n) is 4.81. The predicted molar refractivity (Wildman–Crippen MR) is 134 cm³/mol. The summed E-state index contributed by atoms with van der Waals surface area (Å²) in [4.78, 5) is 5.18.